The largest absolute Gasteiger partial charge is 0.356 e. The van der Waals surface area contributed by atoms with Crippen LogP contribution in [0.1, 0.15) is 40.4 Å². The van der Waals surface area contributed by atoms with Crippen molar-refractivity contribution in [1.29, 1.82) is 0 Å². The first-order chi connectivity index (χ1) is 13.2. The smallest absolute Gasteiger partial charge is 0.213 e. The van der Waals surface area contributed by atoms with E-state index in [9.17, 15) is 4.79 Å². The highest BCUT2D eigenvalue weighted by Gasteiger charge is 2.23. The third kappa shape index (κ3) is 4.08. The highest BCUT2D eigenvalue weighted by Crippen LogP contribution is 2.29. The number of carbonyl (C=O) groups is 1. The fourth-order valence-corrected chi connectivity index (χ4v) is 3.96. The van der Waals surface area contributed by atoms with E-state index in [0.29, 0.717) is 17.2 Å². The van der Waals surface area contributed by atoms with Crippen molar-refractivity contribution in [3.8, 4) is 0 Å². The number of carbonyl (C=O) groups excluding carboxylic acids is 1. The number of pyridine rings is 2. The lowest BCUT2D eigenvalue weighted by Gasteiger charge is -2.34. The molecule has 0 bridgehead atoms. The summed E-state index contributed by atoms with van der Waals surface area (Å²) in [6, 6.07) is 18.1. The van der Waals surface area contributed by atoms with Crippen molar-refractivity contribution in [2.24, 2.45) is 0 Å². The molecule has 0 amide bonds. The van der Waals surface area contributed by atoms with Gasteiger partial charge in [0, 0.05) is 41.4 Å². The molecule has 1 aromatic carbocycles. The van der Waals surface area contributed by atoms with E-state index in [2.05, 4.69) is 61.1 Å². The number of nitrogens with zero attached hydrogens (tertiary/aromatic N) is 3. The Bertz CT molecular complexity index is 945. The summed E-state index contributed by atoms with van der Waals surface area (Å²) in [6.07, 6.45) is 5.55. The third-order valence-electron chi connectivity index (χ3n) is 4.95. The van der Waals surface area contributed by atoms with Crippen LogP contribution in [-0.4, -0.2) is 28.8 Å². The van der Waals surface area contributed by atoms with Crippen LogP contribution in [0.3, 0.4) is 0 Å². The molecule has 0 aliphatic carbocycles. The topological polar surface area (TPSA) is 46.1 Å². The van der Waals surface area contributed by atoms with Crippen LogP contribution in [0.2, 0.25) is 0 Å². The van der Waals surface area contributed by atoms with Crippen molar-refractivity contribution < 1.29 is 4.79 Å². The van der Waals surface area contributed by atoms with Gasteiger partial charge in [0.15, 0.2) is 0 Å². The molecule has 3 aromatic rings. The van der Waals surface area contributed by atoms with Crippen LogP contribution in [0.15, 0.2) is 71.5 Å². The Kier molecular flexibility index (Phi) is 5.30. The minimum Gasteiger partial charge on any atom is -0.356 e. The second-order valence-electron chi connectivity index (χ2n) is 6.80. The second-order valence-corrected chi connectivity index (χ2v) is 7.71. The summed E-state index contributed by atoms with van der Waals surface area (Å²) in [6.45, 7) is 1.89. The van der Waals surface area contributed by atoms with Gasteiger partial charge in [-0.1, -0.05) is 36.4 Å². The number of halogens is 1. The molecule has 3 heterocycles. The van der Waals surface area contributed by atoms with Gasteiger partial charge in [0.2, 0.25) is 5.78 Å². The lowest BCUT2D eigenvalue weighted by atomic mass is 9.91. The molecule has 2 aromatic heterocycles. The van der Waals surface area contributed by atoms with Crippen LogP contribution >= 0.6 is 15.9 Å². The number of piperidine rings is 1. The average Bonchev–Trinajstić information content (AvgIpc) is 2.74. The Morgan fingerprint density at radius 3 is 2.74 bits per heavy atom. The molecule has 1 aliphatic rings. The Hall–Kier alpha value is -2.53. The zero-order valence-electron chi connectivity index (χ0n) is 14.9. The Morgan fingerprint density at radius 1 is 1.07 bits per heavy atom. The number of anilines is 1. The van der Waals surface area contributed by atoms with Gasteiger partial charge in [0.05, 0.1) is 0 Å². The molecule has 1 unspecified atom stereocenters. The van der Waals surface area contributed by atoms with Crippen molar-refractivity contribution in [3.05, 3.63) is 88.3 Å². The van der Waals surface area contributed by atoms with Gasteiger partial charge in [-0.25, -0.2) is 4.98 Å². The number of hydrogen-bond acceptors (Lipinski definition) is 4. The number of ketones is 1. The Labute approximate surface area is 167 Å². The fourth-order valence-electron chi connectivity index (χ4n) is 3.59. The SMILES string of the molecule is O=C(c1cncc(Br)c1)c1cccc(N2CCCC(c3ccccc3)C2)n1. The molecule has 1 fully saturated rings. The summed E-state index contributed by atoms with van der Waals surface area (Å²) in [5.41, 5.74) is 2.36. The number of aromatic nitrogens is 2. The van der Waals surface area contributed by atoms with Gasteiger partial charge in [0.25, 0.3) is 0 Å². The quantitative estimate of drug-likeness (QED) is 0.564. The fraction of sp³-hybridized carbons (Fsp3) is 0.227. The molecule has 4 nitrogen and oxygen atoms in total. The van der Waals surface area contributed by atoms with E-state index in [1.165, 1.54) is 12.0 Å². The molecular formula is C22H20BrN3O. The zero-order chi connectivity index (χ0) is 18.6. The number of rotatable bonds is 4. The van der Waals surface area contributed by atoms with E-state index in [0.717, 1.165) is 29.8 Å². The Morgan fingerprint density at radius 2 is 1.93 bits per heavy atom. The predicted octanol–water partition coefficient (Wildman–Crippen LogP) is 4.85. The molecular weight excluding hydrogens is 402 g/mol. The van der Waals surface area contributed by atoms with Crippen molar-refractivity contribution in [3.63, 3.8) is 0 Å². The van der Waals surface area contributed by atoms with Crippen LogP contribution in [0.25, 0.3) is 0 Å². The maximum Gasteiger partial charge on any atom is 0.213 e. The first-order valence-electron chi connectivity index (χ1n) is 9.13. The molecule has 0 N–H and O–H groups in total. The third-order valence-corrected chi connectivity index (χ3v) is 5.38. The van der Waals surface area contributed by atoms with E-state index in [4.69, 9.17) is 0 Å². The van der Waals surface area contributed by atoms with Crippen LogP contribution in [0.4, 0.5) is 5.82 Å². The van der Waals surface area contributed by atoms with Crippen LogP contribution in [0, 0.1) is 0 Å². The number of hydrogen-bond donors (Lipinski definition) is 0. The van der Waals surface area contributed by atoms with Gasteiger partial charge >= 0.3 is 0 Å². The van der Waals surface area contributed by atoms with Crippen molar-refractivity contribution >= 4 is 27.5 Å². The van der Waals surface area contributed by atoms with E-state index < -0.39 is 0 Å². The summed E-state index contributed by atoms with van der Waals surface area (Å²) in [5, 5.41) is 0. The van der Waals surface area contributed by atoms with Gasteiger partial charge in [-0.2, -0.15) is 0 Å². The lowest BCUT2D eigenvalue weighted by molar-refractivity contribution is 0.103. The first kappa shape index (κ1) is 17.9. The van der Waals surface area contributed by atoms with Gasteiger partial charge in [-0.05, 0) is 52.5 Å². The summed E-state index contributed by atoms with van der Waals surface area (Å²) in [7, 11) is 0. The second kappa shape index (κ2) is 8.01. The van der Waals surface area contributed by atoms with E-state index >= 15 is 0 Å². The van der Waals surface area contributed by atoms with Crippen molar-refractivity contribution in [2.45, 2.75) is 18.8 Å². The molecule has 1 aliphatic heterocycles. The van der Waals surface area contributed by atoms with Crippen LogP contribution < -0.4 is 4.90 Å². The first-order valence-corrected chi connectivity index (χ1v) is 9.92. The summed E-state index contributed by atoms with van der Waals surface area (Å²) in [4.78, 5) is 23.8. The minimum absolute atomic E-state index is 0.109. The lowest BCUT2D eigenvalue weighted by Crippen LogP contribution is -2.35. The number of benzene rings is 1. The highest BCUT2D eigenvalue weighted by atomic mass is 79.9. The maximum atomic E-state index is 12.8. The molecule has 27 heavy (non-hydrogen) atoms. The Balaban J connectivity index is 1.56. The predicted molar refractivity (Wildman–Crippen MR) is 110 cm³/mol. The van der Waals surface area contributed by atoms with Crippen LogP contribution in [-0.2, 0) is 0 Å². The van der Waals surface area contributed by atoms with Crippen molar-refractivity contribution in [2.75, 3.05) is 18.0 Å². The van der Waals surface area contributed by atoms with Gasteiger partial charge in [-0.15, -0.1) is 0 Å². The van der Waals surface area contributed by atoms with Crippen LogP contribution in [0.5, 0.6) is 0 Å². The molecule has 136 valence electrons. The summed E-state index contributed by atoms with van der Waals surface area (Å²) in [5.74, 6) is 1.25. The van der Waals surface area contributed by atoms with E-state index in [-0.39, 0.29) is 5.78 Å². The van der Waals surface area contributed by atoms with E-state index in [1.54, 1.807) is 24.5 Å². The van der Waals surface area contributed by atoms with Gasteiger partial charge in [0.1, 0.15) is 11.5 Å². The highest BCUT2D eigenvalue weighted by molar-refractivity contribution is 9.10. The molecule has 0 saturated carbocycles. The summed E-state index contributed by atoms with van der Waals surface area (Å²) < 4.78 is 0.784. The van der Waals surface area contributed by atoms with E-state index in [1.807, 2.05) is 12.1 Å². The molecule has 0 radical (unpaired) electrons. The normalized spacial score (nSPS) is 16.9. The van der Waals surface area contributed by atoms with Gasteiger partial charge < -0.3 is 4.90 Å². The maximum absolute atomic E-state index is 12.8. The molecule has 5 heteroatoms. The summed E-state index contributed by atoms with van der Waals surface area (Å²) >= 11 is 3.37. The average molecular weight is 422 g/mol. The standard InChI is InChI=1S/C22H20BrN3O/c23-19-12-18(13-24-14-19)22(27)20-9-4-10-21(25-20)26-11-5-8-17(15-26)16-6-2-1-3-7-16/h1-4,6-7,9-10,12-14,17H,5,8,11,15H2. The van der Waals surface area contributed by atoms with Gasteiger partial charge in [-0.3, -0.25) is 9.78 Å². The molecule has 4 rings (SSSR count). The monoisotopic (exact) mass is 421 g/mol. The molecule has 0 spiro atoms. The zero-order valence-corrected chi connectivity index (χ0v) is 16.5. The molecule has 1 atom stereocenters. The van der Waals surface area contributed by atoms with Crippen molar-refractivity contribution in [1.82, 2.24) is 9.97 Å². The minimum atomic E-state index is -0.109. The molecule has 1 saturated heterocycles.